The summed E-state index contributed by atoms with van der Waals surface area (Å²) >= 11 is 5.96. The molecule has 0 radical (unpaired) electrons. The van der Waals surface area contributed by atoms with E-state index in [0.29, 0.717) is 28.0 Å². The molecule has 118 valence electrons. The Morgan fingerprint density at radius 2 is 1.92 bits per heavy atom. The minimum atomic E-state index is 0.347. The van der Waals surface area contributed by atoms with Crippen molar-refractivity contribution in [3.05, 3.63) is 64.8 Å². The first-order chi connectivity index (χ1) is 11.7. The molecule has 2 N–H and O–H groups in total. The molecule has 0 bridgehead atoms. The number of halogens is 1. The molecule has 0 aliphatic rings. The standard InChI is InChI=1S/C17H13ClN6/c1-11-8-13(18)6-7-14(11)22-17-23-16(10-20-24-17)21-15-5-3-2-4-12(15)9-19/h2-8,10H,1H3,(H2,21,22,23,24). The zero-order chi connectivity index (χ0) is 16.9. The molecule has 7 heteroatoms. The van der Waals surface area contributed by atoms with E-state index in [9.17, 15) is 0 Å². The van der Waals surface area contributed by atoms with E-state index in [2.05, 4.69) is 31.9 Å². The molecule has 0 amide bonds. The molecule has 0 fully saturated rings. The first kappa shape index (κ1) is 15.7. The largest absolute Gasteiger partial charge is 0.338 e. The first-order valence-electron chi connectivity index (χ1n) is 7.15. The molecule has 6 nitrogen and oxygen atoms in total. The van der Waals surface area contributed by atoms with Gasteiger partial charge < -0.3 is 10.6 Å². The van der Waals surface area contributed by atoms with Gasteiger partial charge in [-0.2, -0.15) is 15.3 Å². The predicted molar refractivity (Wildman–Crippen MR) is 93.7 cm³/mol. The van der Waals surface area contributed by atoms with Crippen molar-refractivity contribution >= 4 is 34.7 Å². The van der Waals surface area contributed by atoms with Gasteiger partial charge in [0.05, 0.1) is 17.4 Å². The van der Waals surface area contributed by atoms with Crippen molar-refractivity contribution in [2.45, 2.75) is 6.92 Å². The highest BCUT2D eigenvalue weighted by atomic mass is 35.5. The van der Waals surface area contributed by atoms with E-state index in [1.165, 1.54) is 6.20 Å². The summed E-state index contributed by atoms with van der Waals surface area (Å²) in [7, 11) is 0. The van der Waals surface area contributed by atoms with Crippen molar-refractivity contribution < 1.29 is 0 Å². The van der Waals surface area contributed by atoms with Gasteiger partial charge in [0.25, 0.3) is 0 Å². The number of para-hydroxylation sites is 1. The summed E-state index contributed by atoms with van der Waals surface area (Å²) < 4.78 is 0. The Kier molecular flexibility index (Phi) is 4.54. The van der Waals surface area contributed by atoms with Crippen LogP contribution in [0, 0.1) is 18.3 Å². The fraction of sp³-hybridized carbons (Fsp3) is 0.0588. The fourth-order valence-electron chi connectivity index (χ4n) is 2.13. The molecule has 2 aromatic carbocycles. The zero-order valence-electron chi connectivity index (χ0n) is 12.8. The van der Waals surface area contributed by atoms with Gasteiger partial charge in [0.1, 0.15) is 6.07 Å². The Balaban J connectivity index is 1.83. The van der Waals surface area contributed by atoms with Gasteiger partial charge in [0, 0.05) is 10.7 Å². The lowest BCUT2D eigenvalue weighted by Gasteiger charge is -2.10. The summed E-state index contributed by atoms with van der Waals surface area (Å²) in [6, 6.07) is 14.8. The van der Waals surface area contributed by atoms with Crippen LogP contribution in [0.4, 0.5) is 23.1 Å². The van der Waals surface area contributed by atoms with Crippen molar-refractivity contribution in [3.8, 4) is 6.07 Å². The number of aromatic nitrogens is 3. The number of benzene rings is 2. The van der Waals surface area contributed by atoms with Crippen LogP contribution in [0.5, 0.6) is 0 Å². The van der Waals surface area contributed by atoms with Gasteiger partial charge in [-0.3, -0.25) is 0 Å². The van der Waals surface area contributed by atoms with Gasteiger partial charge in [0.15, 0.2) is 5.82 Å². The van der Waals surface area contributed by atoms with Gasteiger partial charge in [-0.25, -0.2) is 0 Å². The number of hydrogen-bond donors (Lipinski definition) is 2. The Labute approximate surface area is 144 Å². The number of aryl methyl sites for hydroxylation is 1. The number of rotatable bonds is 4. The maximum atomic E-state index is 9.14. The van der Waals surface area contributed by atoms with Crippen molar-refractivity contribution in [3.63, 3.8) is 0 Å². The van der Waals surface area contributed by atoms with E-state index < -0.39 is 0 Å². The number of hydrogen-bond acceptors (Lipinski definition) is 6. The van der Waals surface area contributed by atoms with Crippen molar-refractivity contribution in [1.29, 1.82) is 5.26 Å². The van der Waals surface area contributed by atoms with E-state index in [0.717, 1.165) is 11.3 Å². The topological polar surface area (TPSA) is 86.5 Å². The van der Waals surface area contributed by atoms with Crippen LogP contribution >= 0.6 is 11.6 Å². The van der Waals surface area contributed by atoms with Crippen LogP contribution in [-0.2, 0) is 0 Å². The molecular weight excluding hydrogens is 324 g/mol. The SMILES string of the molecule is Cc1cc(Cl)ccc1Nc1nncc(Nc2ccccc2C#N)n1. The minimum absolute atomic E-state index is 0.347. The molecule has 1 heterocycles. The third-order valence-electron chi connectivity index (χ3n) is 3.30. The van der Waals surface area contributed by atoms with Crippen LogP contribution in [0.25, 0.3) is 0 Å². The number of nitrogens with zero attached hydrogens (tertiary/aromatic N) is 4. The molecule has 24 heavy (non-hydrogen) atoms. The Morgan fingerprint density at radius 3 is 2.71 bits per heavy atom. The van der Waals surface area contributed by atoms with Gasteiger partial charge in [-0.15, -0.1) is 5.10 Å². The summed E-state index contributed by atoms with van der Waals surface area (Å²) in [6.07, 6.45) is 1.49. The zero-order valence-corrected chi connectivity index (χ0v) is 13.5. The molecule has 0 atom stereocenters. The number of nitrogens with one attached hydrogen (secondary N) is 2. The molecule has 0 aliphatic carbocycles. The first-order valence-corrected chi connectivity index (χ1v) is 7.52. The summed E-state index contributed by atoms with van der Waals surface area (Å²) in [5.74, 6) is 0.835. The molecule has 0 aliphatic heterocycles. The molecule has 1 aromatic heterocycles. The van der Waals surface area contributed by atoms with Crippen LogP contribution in [0.15, 0.2) is 48.7 Å². The van der Waals surface area contributed by atoms with E-state index in [1.807, 2.05) is 25.1 Å². The highest BCUT2D eigenvalue weighted by Gasteiger charge is 2.06. The summed E-state index contributed by atoms with van der Waals surface area (Å²) in [5, 5.41) is 23.9. The van der Waals surface area contributed by atoms with Gasteiger partial charge in [0.2, 0.25) is 5.95 Å². The van der Waals surface area contributed by atoms with Crippen molar-refractivity contribution in [1.82, 2.24) is 15.2 Å². The van der Waals surface area contributed by atoms with Crippen molar-refractivity contribution in [2.24, 2.45) is 0 Å². The van der Waals surface area contributed by atoms with Gasteiger partial charge in [-0.1, -0.05) is 23.7 Å². The van der Waals surface area contributed by atoms with E-state index in [-0.39, 0.29) is 0 Å². The van der Waals surface area contributed by atoms with Crippen LogP contribution in [0.1, 0.15) is 11.1 Å². The maximum absolute atomic E-state index is 9.14. The minimum Gasteiger partial charge on any atom is -0.338 e. The average molecular weight is 337 g/mol. The highest BCUT2D eigenvalue weighted by molar-refractivity contribution is 6.30. The predicted octanol–water partition coefficient (Wildman–Crippen LogP) is 4.19. The van der Waals surface area contributed by atoms with Crippen LogP contribution < -0.4 is 10.6 Å². The Hall–Kier alpha value is -3.17. The summed E-state index contributed by atoms with van der Waals surface area (Å²) in [4.78, 5) is 4.36. The Morgan fingerprint density at radius 1 is 1.08 bits per heavy atom. The smallest absolute Gasteiger partial charge is 0.249 e. The molecule has 0 unspecified atom stereocenters. The normalized spacial score (nSPS) is 10.0. The number of nitriles is 1. The van der Waals surface area contributed by atoms with Crippen LogP contribution in [0.2, 0.25) is 5.02 Å². The second-order valence-corrected chi connectivity index (χ2v) is 5.47. The monoisotopic (exact) mass is 336 g/mol. The van der Waals surface area contributed by atoms with Crippen molar-refractivity contribution in [2.75, 3.05) is 10.6 Å². The summed E-state index contributed by atoms with van der Waals surface area (Å²) in [5.41, 5.74) is 3.00. The van der Waals surface area contributed by atoms with Crippen LogP contribution in [0.3, 0.4) is 0 Å². The Bertz CT molecular complexity index is 919. The highest BCUT2D eigenvalue weighted by Crippen LogP contribution is 2.23. The third kappa shape index (κ3) is 3.59. The van der Waals surface area contributed by atoms with E-state index >= 15 is 0 Å². The second kappa shape index (κ2) is 6.94. The lowest BCUT2D eigenvalue weighted by molar-refractivity contribution is 0.981. The maximum Gasteiger partial charge on any atom is 0.249 e. The summed E-state index contributed by atoms with van der Waals surface area (Å²) in [6.45, 7) is 1.94. The van der Waals surface area contributed by atoms with E-state index in [1.54, 1.807) is 24.3 Å². The molecule has 3 aromatic rings. The van der Waals surface area contributed by atoms with Gasteiger partial charge in [-0.05, 0) is 42.8 Å². The second-order valence-electron chi connectivity index (χ2n) is 5.03. The molecule has 0 saturated carbocycles. The molecule has 3 rings (SSSR count). The lowest BCUT2D eigenvalue weighted by Crippen LogP contribution is -2.03. The molecule has 0 saturated heterocycles. The quantitative estimate of drug-likeness (QED) is 0.742. The molecule has 0 spiro atoms. The molecular formula is C17H13ClN6. The average Bonchev–Trinajstić information content (AvgIpc) is 2.58. The van der Waals surface area contributed by atoms with E-state index in [4.69, 9.17) is 16.9 Å². The fourth-order valence-corrected chi connectivity index (χ4v) is 2.36. The lowest BCUT2D eigenvalue weighted by atomic mass is 10.2. The van der Waals surface area contributed by atoms with Crippen LogP contribution in [-0.4, -0.2) is 15.2 Å². The number of anilines is 4. The van der Waals surface area contributed by atoms with Gasteiger partial charge >= 0.3 is 0 Å². The third-order valence-corrected chi connectivity index (χ3v) is 3.54.